The Labute approximate surface area is 122 Å². The molecule has 21 heavy (non-hydrogen) atoms. The summed E-state index contributed by atoms with van der Waals surface area (Å²) in [6.07, 6.45) is 0. The standard InChI is InChI=1S/C15H17N3O3/c1-3-20-15-11(16)8-9-14(18-15)21-13-7-5-4-6-12(13)17-10(2)19/h4-9H,3,16H2,1-2H3,(H,17,19). The van der Waals surface area contributed by atoms with Crippen LogP contribution in [0, 0.1) is 0 Å². The summed E-state index contributed by atoms with van der Waals surface area (Å²) in [4.78, 5) is 15.4. The van der Waals surface area contributed by atoms with Crippen LogP contribution in [0.2, 0.25) is 0 Å². The molecule has 6 nitrogen and oxygen atoms in total. The van der Waals surface area contributed by atoms with E-state index in [-0.39, 0.29) is 5.91 Å². The smallest absolute Gasteiger partial charge is 0.240 e. The van der Waals surface area contributed by atoms with Crippen molar-refractivity contribution in [3.05, 3.63) is 36.4 Å². The Morgan fingerprint density at radius 1 is 1.29 bits per heavy atom. The third-order valence-electron chi connectivity index (χ3n) is 2.56. The molecule has 3 N–H and O–H groups in total. The normalized spacial score (nSPS) is 10.0. The summed E-state index contributed by atoms with van der Waals surface area (Å²) in [6, 6.07) is 10.4. The minimum atomic E-state index is -0.175. The molecule has 2 rings (SSSR count). The molecule has 2 aromatic rings. The molecule has 0 bridgehead atoms. The molecule has 1 heterocycles. The Morgan fingerprint density at radius 3 is 2.76 bits per heavy atom. The van der Waals surface area contributed by atoms with Crippen LogP contribution >= 0.6 is 0 Å². The van der Waals surface area contributed by atoms with Crippen LogP contribution in [0.3, 0.4) is 0 Å². The summed E-state index contributed by atoms with van der Waals surface area (Å²) in [5.41, 5.74) is 6.78. The lowest BCUT2D eigenvalue weighted by atomic mass is 10.3. The second kappa shape index (κ2) is 6.60. The first-order chi connectivity index (χ1) is 10.1. The highest BCUT2D eigenvalue weighted by atomic mass is 16.5. The number of nitrogens with two attached hydrogens (primary N) is 1. The maximum absolute atomic E-state index is 11.2. The molecule has 0 saturated carbocycles. The molecule has 0 unspecified atom stereocenters. The lowest BCUT2D eigenvalue weighted by Gasteiger charge is -2.12. The number of amides is 1. The number of pyridine rings is 1. The number of nitrogens with zero attached hydrogens (tertiary/aromatic N) is 1. The summed E-state index contributed by atoms with van der Waals surface area (Å²) in [5.74, 6) is 0.983. The summed E-state index contributed by atoms with van der Waals surface area (Å²) < 4.78 is 11.0. The van der Waals surface area contributed by atoms with Crippen LogP contribution in [0.1, 0.15) is 13.8 Å². The lowest BCUT2D eigenvalue weighted by Crippen LogP contribution is -2.07. The Balaban J connectivity index is 2.26. The van der Waals surface area contributed by atoms with E-state index >= 15 is 0 Å². The number of benzene rings is 1. The maximum Gasteiger partial charge on any atom is 0.240 e. The van der Waals surface area contributed by atoms with Crippen molar-refractivity contribution in [3.8, 4) is 17.5 Å². The summed E-state index contributed by atoms with van der Waals surface area (Å²) in [5, 5.41) is 2.70. The van der Waals surface area contributed by atoms with Gasteiger partial charge in [-0.2, -0.15) is 4.98 Å². The Morgan fingerprint density at radius 2 is 2.05 bits per heavy atom. The number of rotatable bonds is 5. The second-order valence-electron chi connectivity index (χ2n) is 4.26. The molecular formula is C15H17N3O3. The highest BCUT2D eigenvalue weighted by Gasteiger charge is 2.09. The molecule has 1 aromatic carbocycles. The lowest BCUT2D eigenvalue weighted by molar-refractivity contribution is -0.114. The van der Waals surface area contributed by atoms with E-state index in [1.54, 1.807) is 36.4 Å². The largest absolute Gasteiger partial charge is 0.476 e. The molecule has 1 aromatic heterocycles. The van der Waals surface area contributed by atoms with E-state index in [1.807, 2.05) is 6.92 Å². The van der Waals surface area contributed by atoms with E-state index in [0.29, 0.717) is 35.5 Å². The van der Waals surface area contributed by atoms with Gasteiger partial charge in [-0.15, -0.1) is 0 Å². The SMILES string of the molecule is CCOc1nc(Oc2ccccc2NC(C)=O)ccc1N. The van der Waals surface area contributed by atoms with Crippen molar-refractivity contribution < 1.29 is 14.3 Å². The number of aromatic nitrogens is 1. The van der Waals surface area contributed by atoms with Crippen molar-refractivity contribution in [1.29, 1.82) is 0 Å². The zero-order valence-corrected chi connectivity index (χ0v) is 11.9. The van der Waals surface area contributed by atoms with Gasteiger partial charge in [0.25, 0.3) is 0 Å². The number of hydrogen-bond acceptors (Lipinski definition) is 5. The number of nitrogen functional groups attached to an aromatic ring is 1. The first kappa shape index (κ1) is 14.6. The number of ether oxygens (including phenoxy) is 2. The van der Waals surface area contributed by atoms with Crippen LogP contribution < -0.4 is 20.5 Å². The van der Waals surface area contributed by atoms with Gasteiger partial charge in [0, 0.05) is 13.0 Å². The third kappa shape index (κ3) is 3.85. The topological polar surface area (TPSA) is 86.5 Å². The van der Waals surface area contributed by atoms with Gasteiger partial charge in [0.05, 0.1) is 18.0 Å². The number of carbonyl (C=O) groups excluding carboxylic acids is 1. The minimum Gasteiger partial charge on any atom is -0.476 e. The van der Waals surface area contributed by atoms with Gasteiger partial charge in [0.2, 0.25) is 17.7 Å². The molecule has 1 amide bonds. The molecule has 0 spiro atoms. The van der Waals surface area contributed by atoms with Crippen LogP contribution in [0.4, 0.5) is 11.4 Å². The molecule has 0 aliphatic carbocycles. The molecule has 0 aliphatic rings. The van der Waals surface area contributed by atoms with Crippen molar-refractivity contribution in [1.82, 2.24) is 4.98 Å². The van der Waals surface area contributed by atoms with Crippen molar-refractivity contribution in [2.75, 3.05) is 17.7 Å². The van der Waals surface area contributed by atoms with Gasteiger partial charge in [-0.3, -0.25) is 4.79 Å². The average Bonchev–Trinajstić information content (AvgIpc) is 2.44. The van der Waals surface area contributed by atoms with Crippen LogP contribution in [-0.4, -0.2) is 17.5 Å². The molecule has 110 valence electrons. The van der Waals surface area contributed by atoms with Crippen LogP contribution in [0.15, 0.2) is 36.4 Å². The molecule has 0 fully saturated rings. The Bertz CT molecular complexity index is 644. The van der Waals surface area contributed by atoms with Gasteiger partial charge >= 0.3 is 0 Å². The highest BCUT2D eigenvalue weighted by molar-refractivity contribution is 5.90. The molecule has 0 aliphatic heterocycles. The van der Waals surface area contributed by atoms with E-state index < -0.39 is 0 Å². The van der Waals surface area contributed by atoms with Gasteiger partial charge in [0.15, 0.2) is 5.75 Å². The van der Waals surface area contributed by atoms with Crippen molar-refractivity contribution in [2.24, 2.45) is 0 Å². The van der Waals surface area contributed by atoms with Gasteiger partial charge in [-0.25, -0.2) is 0 Å². The predicted octanol–water partition coefficient (Wildman–Crippen LogP) is 2.81. The van der Waals surface area contributed by atoms with Crippen molar-refractivity contribution in [3.63, 3.8) is 0 Å². The Kier molecular flexibility index (Phi) is 4.61. The van der Waals surface area contributed by atoms with Gasteiger partial charge in [0.1, 0.15) is 0 Å². The fraction of sp³-hybridized carbons (Fsp3) is 0.200. The highest BCUT2D eigenvalue weighted by Crippen LogP contribution is 2.30. The second-order valence-corrected chi connectivity index (χ2v) is 4.26. The number of para-hydroxylation sites is 2. The summed E-state index contributed by atoms with van der Waals surface area (Å²) >= 11 is 0. The fourth-order valence-corrected chi connectivity index (χ4v) is 1.70. The molecule has 0 saturated heterocycles. The van der Waals surface area contributed by atoms with E-state index in [9.17, 15) is 4.79 Å². The van der Waals surface area contributed by atoms with Crippen molar-refractivity contribution in [2.45, 2.75) is 13.8 Å². The molecule has 6 heteroatoms. The van der Waals surface area contributed by atoms with Gasteiger partial charge in [-0.1, -0.05) is 12.1 Å². The fourth-order valence-electron chi connectivity index (χ4n) is 1.70. The van der Waals surface area contributed by atoms with Crippen LogP contribution in [-0.2, 0) is 4.79 Å². The average molecular weight is 287 g/mol. The number of anilines is 2. The predicted molar refractivity (Wildman–Crippen MR) is 80.6 cm³/mol. The van der Waals surface area contributed by atoms with E-state index in [4.69, 9.17) is 15.2 Å². The number of nitrogens with one attached hydrogen (secondary N) is 1. The maximum atomic E-state index is 11.2. The van der Waals surface area contributed by atoms with Crippen molar-refractivity contribution >= 4 is 17.3 Å². The molecule has 0 radical (unpaired) electrons. The Hall–Kier alpha value is -2.76. The van der Waals surface area contributed by atoms with Crippen LogP contribution in [0.5, 0.6) is 17.5 Å². The quantitative estimate of drug-likeness (QED) is 0.883. The zero-order chi connectivity index (χ0) is 15.2. The monoisotopic (exact) mass is 287 g/mol. The number of hydrogen-bond donors (Lipinski definition) is 2. The van der Waals surface area contributed by atoms with Gasteiger partial charge < -0.3 is 20.5 Å². The minimum absolute atomic E-state index is 0.175. The van der Waals surface area contributed by atoms with Gasteiger partial charge in [-0.05, 0) is 25.1 Å². The molecule has 0 atom stereocenters. The van der Waals surface area contributed by atoms with Crippen LogP contribution in [0.25, 0.3) is 0 Å². The first-order valence-electron chi connectivity index (χ1n) is 6.54. The summed E-state index contributed by atoms with van der Waals surface area (Å²) in [6.45, 7) is 3.75. The van der Waals surface area contributed by atoms with E-state index in [2.05, 4.69) is 10.3 Å². The van der Waals surface area contributed by atoms with E-state index in [0.717, 1.165) is 0 Å². The third-order valence-corrected chi connectivity index (χ3v) is 2.56. The number of carbonyl (C=O) groups is 1. The first-order valence-corrected chi connectivity index (χ1v) is 6.54. The summed E-state index contributed by atoms with van der Waals surface area (Å²) in [7, 11) is 0. The van der Waals surface area contributed by atoms with E-state index in [1.165, 1.54) is 6.92 Å². The molecular weight excluding hydrogens is 270 g/mol. The zero-order valence-electron chi connectivity index (χ0n) is 11.9.